The second kappa shape index (κ2) is 12.2. The Bertz CT molecular complexity index is 1030. The molecule has 0 spiro atoms. The Labute approximate surface area is 224 Å². The third-order valence-corrected chi connectivity index (χ3v) is 13.5. The molecule has 3 atom stereocenters. The van der Waals surface area contributed by atoms with Crippen LogP contribution >= 0.6 is 0 Å². The summed E-state index contributed by atoms with van der Waals surface area (Å²) in [4.78, 5) is 0. The highest BCUT2D eigenvalue weighted by Gasteiger charge is 2.51. The Hall–Kier alpha value is -1.76. The minimum atomic E-state index is -2.75. The Morgan fingerprint density at radius 2 is 1.42 bits per heavy atom. The normalized spacial score (nSPS) is 15.4. The van der Waals surface area contributed by atoms with Crippen LogP contribution in [0.15, 0.2) is 73.3 Å². The lowest BCUT2D eigenvalue weighted by Gasteiger charge is -2.45. The summed E-state index contributed by atoms with van der Waals surface area (Å²) in [5.41, 5.74) is 3.48. The maximum atomic E-state index is 13.0. The fourth-order valence-corrected chi connectivity index (χ4v) is 10.1. The van der Waals surface area contributed by atoms with Crippen molar-refractivity contribution in [2.45, 2.75) is 89.5 Å². The van der Waals surface area contributed by atoms with Gasteiger partial charge in [0.15, 0.2) is 0 Å². The lowest BCUT2D eigenvalue weighted by Crippen LogP contribution is -2.67. The first-order valence-electron chi connectivity index (χ1n) is 12.7. The van der Waals surface area contributed by atoms with E-state index in [1.807, 2.05) is 26.8 Å². The molecule has 0 aliphatic carbocycles. The van der Waals surface area contributed by atoms with Crippen molar-refractivity contribution in [3.63, 3.8) is 0 Å². The number of rotatable bonds is 9. The Kier molecular flexibility index (Phi) is 10.3. The molecular weight excluding hydrogens is 495 g/mol. The summed E-state index contributed by atoms with van der Waals surface area (Å²) in [6, 6.07) is 21.0. The van der Waals surface area contributed by atoms with Crippen LogP contribution in [0.3, 0.4) is 0 Å². The fourth-order valence-electron chi connectivity index (χ4n) is 4.09. The van der Waals surface area contributed by atoms with Gasteiger partial charge in [0, 0.05) is 6.42 Å². The molecule has 0 bridgehead atoms. The van der Waals surface area contributed by atoms with Crippen LogP contribution < -0.4 is 15.1 Å². The predicted molar refractivity (Wildman–Crippen MR) is 163 cm³/mol. The van der Waals surface area contributed by atoms with E-state index in [1.54, 1.807) is 0 Å². The number of benzene rings is 2. The Morgan fingerprint density at radius 3 is 1.78 bits per heavy atom. The molecule has 36 heavy (non-hydrogen) atoms. The van der Waals surface area contributed by atoms with Crippen LogP contribution in [-0.2, 0) is 15.4 Å². The van der Waals surface area contributed by atoms with E-state index < -0.39 is 27.4 Å². The molecule has 0 radical (unpaired) electrons. The van der Waals surface area contributed by atoms with Crippen molar-refractivity contribution in [1.82, 2.24) is 4.72 Å². The van der Waals surface area contributed by atoms with E-state index >= 15 is 0 Å². The van der Waals surface area contributed by atoms with E-state index in [0.29, 0.717) is 6.42 Å². The molecule has 0 aromatic heterocycles. The molecule has 196 valence electrons. The summed E-state index contributed by atoms with van der Waals surface area (Å²) in [7, 11) is -5.61. The van der Waals surface area contributed by atoms with Gasteiger partial charge in [0.05, 0.1) is 27.9 Å². The fraction of sp³-hybridized carbons (Fsp3) is 0.467. The second-order valence-corrected chi connectivity index (χ2v) is 23.4. The zero-order chi connectivity index (χ0) is 27.2. The summed E-state index contributed by atoms with van der Waals surface area (Å²) in [5, 5.41) is 2.32. The van der Waals surface area contributed by atoms with E-state index in [-0.39, 0.29) is 21.9 Å². The molecule has 1 N–H and O–H groups in total. The van der Waals surface area contributed by atoms with Gasteiger partial charge in [-0.2, -0.15) is 0 Å². The third-order valence-electron chi connectivity index (χ3n) is 5.90. The zero-order valence-electron chi connectivity index (χ0n) is 23.6. The summed E-state index contributed by atoms with van der Waals surface area (Å²) in [6.45, 7) is 23.6. The standard InChI is InChI=1S/C30H45NO2SSi2/c1-11-26(24-25(22-23-35(8,9)10)31-34(32)29(2,3)4)33-36(30(5,6)7,27-18-14-12-15-19-27)28-20-16-13-17-21-28/h11-21,25-26,31H,1,24H2,2-10H3/t25-,26+,34+/m0/s1. The summed E-state index contributed by atoms with van der Waals surface area (Å²) < 4.78 is 23.2. The molecule has 0 fully saturated rings. The maximum absolute atomic E-state index is 13.0. The van der Waals surface area contributed by atoms with Gasteiger partial charge in [-0.15, -0.1) is 12.1 Å². The lowest BCUT2D eigenvalue weighted by atomic mass is 10.1. The van der Waals surface area contributed by atoms with Crippen LogP contribution in [0.4, 0.5) is 0 Å². The molecule has 0 saturated carbocycles. The lowest BCUT2D eigenvalue weighted by molar-refractivity contribution is 0.218. The smallest absolute Gasteiger partial charge is 0.261 e. The highest BCUT2D eigenvalue weighted by atomic mass is 32.2. The van der Waals surface area contributed by atoms with Crippen LogP contribution in [-0.4, -0.2) is 37.5 Å². The van der Waals surface area contributed by atoms with E-state index in [0.717, 1.165) is 0 Å². The van der Waals surface area contributed by atoms with Crippen molar-refractivity contribution in [3.05, 3.63) is 73.3 Å². The van der Waals surface area contributed by atoms with Crippen LogP contribution in [0.1, 0.15) is 48.0 Å². The van der Waals surface area contributed by atoms with Gasteiger partial charge in [-0.3, -0.25) is 0 Å². The molecular formula is C30H45NO2SSi2. The molecule has 3 nitrogen and oxygen atoms in total. The van der Waals surface area contributed by atoms with Gasteiger partial charge in [0.25, 0.3) is 8.32 Å². The average molecular weight is 540 g/mol. The minimum absolute atomic E-state index is 0.141. The molecule has 0 amide bonds. The minimum Gasteiger partial charge on any atom is -0.401 e. The quantitative estimate of drug-likeness (QED) is 0.248. The molecule has 2 rings (SSSR count). The van der Waals surface area contributed by atoms with E-state index in [4.69, 9.17) is 4.43 Å². The van der Waals surface area contributed by atoms with Crippen LogP contribution in [0, 0.1) is 11.5 Å². The average Bonchev–Trinajstić information content (AvgIpc) is 2.79. The Balaban J connectivity index is 2.57. The molecule has 0 aliphatic rings. The van der Waals surface area contributed by atoms with Gasteiger partial charge in [-0.25, -0.2) is 8.93 Å². The van der Waals surface area contributed by atoms with Crippen LogP contribution in [0.2, 0.25) is 24.7 Å². The van der Waals surface area contributed by atoms with Crippen LogP contribution in [0.25, 0.3) is 0 Å². The molecule has 0 heterocycles. The van der Waals surface area contributed by atoms with Crippen molar-refractivity contribution >= 4 is 37.8 Å². The Morgan fingerprint density at radius 1 is 0.944 bits per heavy atom. The number of hydrogen-bond donors (Lipinski definition) is 1. The molecule has 0 saturated heterocycles. The van der Waals surface area contributed by atoms with E-state index in [2.05, 4.69) is 124 Å². The first-order chi connectivity index (χ1) is 16.6. The van der Waals surface area contributed by atoms with Gasteiger partial charge in [0.2, 0.25) is 0 Å². The van der Waals surface area contributed by atoms with Gasteiger partial charge < -0.3 is 4.43 Å². The highest BCUT2D eigenvalue weighted by molar-refractivity contribution is 7.84. The molecule has 6 heteroatoms. The van der Waals surface area contributed by atoms with Crippen molar-refractivity contribution < 1.29 is 8.63 Å². The van der Waals surface area contributed by atoms with E-state index in [9.17, 15) is 4.21 Å². The maximum Gasteiger partial charge on any atom is 0.261 e. The van der Waals surface area contributed by atoms with Gasteiger partial charge in [-0.05, 0) is 36.2 Å². The van der Waals surface area contributed by atoms with Gasteiger partial charge in [-0.1, -0.05) is 113 Å². The van der Waals surface area contributed by atoms with Crippen molar-refractivity contribution in [3.8, 4) is 11.5 Å². The summed E-state index contributed by atoms with van der Waals surface area (Å²) in [5.74, 6) is 3.43. The first-order valence-corrected chi connectivity index (χ1v) is 19.3. The van der Waals surface area contributed by atoms with Crippen molar-refractivity contribution in [1.29, 1.82) is 0 Å². The third kappa shape index (κ3) is 8.12. The summed E-state index contributed by atoms with van der Waals surface area (Å²) >= 11 is 0. The second-order valence-electron chi connectivity index (χ2n) is 12.4. The largest absolute Gasteiger partial charge is 0.401 e. The number of nitrogens with one attached hydrogen (secondary N) is 1. The van der Waals surface area contributed by atoms with E-state index in [1.165, 1.54) is 10.4 Å². The first kappa shape index (κ1) is 30.5. The summed E-state index contributed by atoms with van der Waals surface area (Å²) in [6.07, 6.45) is 2.21. The van der Waals surface area contributed by atoms with Crippen molar-refractivity contribution in [2.75, 3.05) is 0 Å². The molecule has 2 aromatic carbocycles. The SMILES string of the molecule is C=C[C@H](C[C@H](C#C[Si](C)(C)C)N[S@](=O)C(C)(C)C)O[Si](c1ccccc1)(c1ccccc1)C(C)(C)C. The highest BCUT2D eigenvalue weighted by Crippen LogP contribution is 2.38. The van der Waals surface area contributed by atoms with Gasteiger partial charge >= 0.3 is 0 Å². The predicted octanol–water partition coefficient (Wildman–Crippen LogP) is 5.81. The molecule has 0 aliphatic heterocycles. The van der Waals surface area contributed by atoms with Crippen LogP contribution in [0.5, 0.6) is 0 Å². The topological polar surface area (TPSA) is 38.3 Å². The monoisotopic (exact) mass is 539 g/mol. The van der Waals surface area contributed by atoms with Crippen molar-refractivity contribution in [2.24, 2.45) is 0 Å². The molecule has 2 aromatic rings. The zero-order valence-corrected chi connectivity index (χ0v) is 26.5. The van der Waals surface area contributed by atoms with Gasteiger partial charge in [0.1, 0.15) is 8.07 Å². The number of hydrogen-bond acceptors (Lipinski definition) is 2. The molecule has 0 unspecified atom stereocenters.